The Morgan fingerprint density at radius 3 is 2.07 bits per heavy atom. The number of halogens is 1. The zero-order valence-electron chi connectivity index (χ0n) is 14.4. The van der Waals surface area contributed by atoms with Gasteiger partial charge in [0.05, 0.1) is 15.6 Å². The largest absolute Gasteiger partial charge is 0.322 e. The van der Waals surface area contributed by atoms with Crippen molar-refractivity contribution >= 4 is 40.5 Å². The number of carbonyl (C=O) groups is 2. The van der Waals surface area contributed by atoms with E-state index in [1.807, 2.05) is 6.07 Å². The summed E-state index contributed by atoms with van der Waals surface area (Å²) in [5.74, 6) is -0.855. The molecular formula is C20H14ClN3O4. The van der Waals surface area contributed by atoms with E-state index in [9.17, 15) is 19.7 Å². The van der Waals surface area contributed by atoms with Crippen molar-refractivity contribution in [3.63, 3.8) is 0 Å². The molecule has 0 aliphatic rings. The number of rotatable bonds is 5. The number of para-hydroxylation sites is 1. The highest BCUT2D eigenvalue weighted by atomic mass is 35.5. The number of benzene rings is 3. The van der Waals surface area contributed by atoms with Crippen LogP contribution in [0.15, 0.2) is 72.8 Å². The second-order valence-electron chi connectivity index (χ2n) is 5.77. The summed E-state index contributed by atoms with van der Waals surface area (Å²) in [7, 11) is 0. The number of nitrogens with one attached hydrogen (secondary N) is 2. The van der Waals surface area contributed by atoms with E-state index < -0.39 is 10.8 Å². The summed E-state index contributed by atoms with van der Waals surface area (Å²) in [5.41, 5.74) is 1.31. The molecule has 28 heavy (non-hydrogen) atoms. The number of carbonyl (C=O) groups excluding carboxylic acids is 2. The van der Waals surface area contributed by atoms with Gasteiger partial charge in [-0.1, -0.05) is 29.8 Å². The molecule has 8 heteroatoms. The molecule has 2 amide bonds. The van der Waals surface area contributed by atoms with Gasteiger partial charge >= 0.3 is 0 Å². The smallest absolute Gasteiger partial charge is 0.269 e. The van der Waals surface area contributed by atoms with Gasteiger partial charge in [0.25, 0.3) is 17.5 Å². The Labute approximate surface area is 165 Å². The molecule has 7 nitrogen and oxygen atoms in total. The minimum atomic E-state index is -0.548. The van der Waals surface area contributed by atoms with Crippen molar-refractivity contribution in [3.05, 3.63) is 99.1 Å². The lowest BCUT2D eigenvalue weighted by atomic mass is 10.1. The highest BCUT2D eigenvalue weighted by Crippen LogP contribution is 2.24. The highest BCUT2D eigenvalue weighted by molar-refractivity contribution is 6.34. The normalized spacial score (nSPS) is 10.2. The van der Waals surface area contributed by atoms with Crippen LogP contribution in [0.4, 0.5) is 17.1 Å². The Morgan fingerprint density at radius 1 is 0.821 bits per heavy atom. The third kappa shape index (κ3) is 4.52. The van der Waals surface area contributed by atoms with Crippen molar-refractivity contribution < 1.29 is 14.5 Å². The molecule has 0 saturated heterocycles. The molecule has 140 valence electrons. The van der Waals surface area contributed by atoms with Gasteiger partial charge in [0.2, 0.25) is 0 Å². The van der Waals surface area contributed by atoms with Gasteiger partial charge in [0.15, 0.2) is 0 Å². The minimum Gasteiger partial charge on any atom is -0.322 e. The van der Waals surface area contributed by atoms with E-state index in [0.717, 1.165) is 0 Å². The summed E-state index contributed by atoms with van der Waals surface area (Å²) >= 11 is 6.12. The third-order valence-electron chi connectivity index (χ3n) is 3.85. The van der Waals surface area contributed by atoms with Gasteiger partial charge in [0, 0.05) is 28.9 Å². The Kier molecular flexibility index (Phi) is 5.67. The van der Waals surface area contributed by atoms with E-state index >= 15 is 0 Å². The molecule has 0 atom stereocenters. The molecule has 3 rings (SSSR count). The van der Waals surface area contributed by atoms with E-state index in [1.54, 1.807) is 30.3 Å². The average molecular weight is 396 g/mol. The number of nitrogens with zero attached hydrogens (tertiary/aromatic N) is 1. The molecular weight excluding hydrogens is 382 g/mol. The SMILES string of the molecule is O=C(Nc1ccccc1)c1ccc(Cl)c(NC(=O)c2ccc([N+](=O)[O-])cc2)c1. The molecule has 3 aromatic carbocycles. The Bertz CT molecular complexity index is 1040. The topological polar surface area (TPSA) is 101 Å². The zero-order valence-corrected chi connectivity index (χ0v) is 15.1. The van der Waals surface area contributed by atoms with Gasteiger partial charge in [-0.3, -0.25) is 19.7 Å². The van der Waals surface area contributed by atoms with E-state index in [4.69, 9.17) is 11.6 Å². The van der Waals surface area contributed by atoms with Gasteiger partial charge in [-0.05, 0) is 42.5 Å². The molecule has 2 N–H and O–H groups in total. The molecule has 0 saturated carbocycles. The van der Waals surface area contributed by atoms with Gasteiger partial charge in [-0.2, -0.15) is 0 Å². The van der Waals surface area contributed by atoms with Crippen LogP contribution >= 0.6 is 11.6 Å². The molecule has 0 aliphatic carbocycles. The number of nitro groups is 1. The number of anilines is 2. The monoisotopic (exact) mass is 395 g/mol. The maximum Gasteiger partial charge on any atom is 0.269 e. The first-order chi connectivity index (χ1) is 13.4. The van der Waals surface area contributed by atoms with Crippen LogP contribution in [0.3, 0.4) is 0 Å². The second kappa shape index (κ2) is 8.32. The molecule has 0 fully saturated rings. The fourth-order valence-corrected chi connectivity index (χ4v) is 2.58. The predicted molar refractivity (Wildman–Crippen MR) is 107 cm³/mol. The lowest BCUT2D eigenvalue weighted by Crippen LogP contribution is -2.15. The quantitative estimate of drug-likeness (QED) is 0.480. The van der Waals surface area contributed by atoms with Crippen LogP contribution in [0.25, 0.3) is 0 Å². The standard InChI is InChI=1S/C20H14ClN3O4/c21-17-11-8-14(20(26)22-15-4-2-1-3-5-15)12-18(17)23-19(25)13-6-9-16(10-7-13)24(27)28/h1-12H,(H,22,26)(H,23,25). The minimum absolute atomic E-state index is 0.117. The second-order valence-corrected chi connectivity index (χ2v) is 6.18. The van der Waals surface area contributed by atoms with E-state index in [1.165, 1.54) is 36.4 Å². The summed E-state index contributed by atoms with van der Waals surface area (Å²) in [5, 5.41) is 16.3. The molecule has 0 radical (unpaired) electrons. The fourth-order valence-electron chi connectivity index (χ4n) is 2.42. The number of hydrogen-bond donors (Lipinski definition) is 2. The van der Waals surface area contributed by atoms with E-state index in [2.05, 4.69) is 10.6 Å². The molecule has 0 spiro atoms. The summed E-state index contributed by atoms with van der Waals surface area (Å²) in [4.78, 5) is 34.9. The molecule has 0 aliphatic heterocycles. The van der Waals surface area contributed by atoms with Crippen molar-refractivity contribution in [2.45, 2.75) is 0 Å². The van der Waals surface area contributed by atoms with Crippen molar-refractivity contribution in [1.82, 2.24) is 0 Å². The van der Waals surface area contributed by atoms with Crippen molar-refractivity contribution in [2.24, 2.45) is 0 Å². The number of nitro benzene ring substituents is 1. The van der Waals surface area contributed by atoms with Crippen LogP contribution in [0.2, 0.25) is 5.02 Å². The summed E-state index contributed by atoms with van der Waals surface area (Å²) in [6, 6.07) is 18.6. The molecule has 3 aromatic rings. The first-order valence-electron chi connectivity index (χ1n) is 8.16. The summed E-state index contributed by atoms with van der Waals surface area (Å²) < 4.78 is 0. The lowest BCUT2D eigenvalue weighted by Gasteiger charge is -2.10. The maximum absolute atomic E-state index is 12.4. The Morgan fingerprint density at radius 2 is 1.43 bits per heavy atom. The zero-order chi connectivity index (χ0) is 20.1. The van der Waals surface area contributed by atoms with Crippen LogP contribution in [-0.4, -0.2) is 16.7 Å². The van der Waals surface area contributed by atoms with Gasteiger partial charge in [0.1, 0.15) is 0 Å². The van der Waals surface area contributed by atoms with Crippen LogP contribution in [0.1, 0.15) is 20.7 Å². The number of amides is 2. The van der Waals surface area contributed by atoms with E-state index in [-0.39, 0.29) is 27.9 Å². The molecule has 0 heterocycles. The summed E-state index contributed by atoms with van der Waals surface area (Å²) in [6.45, 7) is 0. The number of hydrogen-bond acceptors (Lipinski definition) is 4. The summed E-state index contributed by atoms with van der Waals surface area (Å²) in [6.07, 6.45) is 0. The lowest BCUT2D eigenvalue weighted by molar-refractivity contribution is -0.384. The first kappa shape index (κ1) is 19.1. The Balaban J connectivity index is 1.76. The maximum atomic E-state index is 12.4. The van der Waals surface area contributed by atoms with Crippen LogP contribution in [-0.2, 0) is 0 Å². The molecule has 0 aromatic heterocycles. The van der Waals surface area contributed by atoms with Crippen molar-refractivity contribution in [2.75, 3.05) is 10.6 Å². The number of non-ortho nitro benzene ring substituents is 1. The van der Waals surface area contributed by atoms with Crippen LogP contribution < -0.4 is 10.6 Å². The Hall–Kier alpha value is -3.71. The highest BCUT2D eigenvalue weighted by Gasteiger charge is 2.14. The third-order valence-corrected chi connectivity index (χ3v) is 4.18. The fraction of sp³-hybridized carbons (Fsp3) is 0. The predicted octanol–water partition coefficient (Wildman–Crippen LogP) is 4.75. The van der Waals surface area contributed by atoms with Crippen molar-refractivity contribution in [1.29, 1.82) is 0 Å². The van der Waals surface area contributed by atoms with Gasteiger partial charge < -0.3 is 10.6 Å². The van der Waals surface area contributed by atoms with Crippen molar-refractivity contribution in [3.8, 4) is 0 Å². The van der Waals surface area contributed by atoms with Gasteiger partial charge in [-0.15, -0.1) is 0 Å². The average Bonchev–Trinajstić information content (AvgIpc) is 2.70. The first-order valence-corrected chi connectivity index (χ1v) is 8.53. The molecule has 0 bridgehead atoms. The molecule has 0 unspecified atom stereocenters. The van der Waals surface area contributed by atoms with Gasteiger partial charge in [-0.25, -0.2) is 0 Å². The van der Waals surface area contributed by atoms with Crippen LogP contribution in [0.5, 0.6) is 0 Å². The van der Waals surface area contributed by atoms with Crippen LogP contribution in [0, 0.1) is 10.1 Å². The van der Waals surface area contributed by atoms with E-state index in [0.29, 0.717) is 11.3 Å².